The molecule has 0 fully saturated rings. The molecule has 0 aliphatic rings. The van der Waals surface area contributed by atoms with E-state index < -0.39 is 23.4 Å². The maximum atomic E-state index is 11.1. The van der Waals surface area contributed by atoms with Gasteiger partial charge >= 0.3 is 5.97 Å². The number of ketones is 1. The number of ether oxygens (including phenoxy) is 1. The molecule has 13 heavy (non-hydrogen) atoms. The SMILES string of the molecule is CC(C)(C)OC(=O)C(=O)[C@@H](N)CS. The molecular formula is C8H15NO3S. The predicted octanol–water partition coefficient (Wildman–Crippen LogP) is 0.154. The Bertz CT molecular complexity index is 210. The Morgan fingerprint density at radius 2 is 1.92 bits per heavy atom. The van der Waals surface area contributed by atoms with E-state index in [0.29, 0.717) is 0 Å². The smallest absolute Gasteiger partial charge is 0.376 e. The van der Waals surface area contributed by atoms with E-state index in [-0.39, 0.29) is 5.75 Å². The minimum Gasteiger partial charge on any atom is -0.454 e. The van der Waals surface area contributed by atoms with Gasteiger partial charge in [0.2, 0.25) is 0 Å². The molecule has 0 aromatic carbocycles. The third kappa shape index (κ3) is 4.90. The van der Waals surface area contributed by atoms with Crippen molar-refractivity contribution in [3.05, 3.63) is 0 Å². The Hall–Kier alpha value is -0.550. The van der Waals surface area contributed by atoms with E-state index in [9.17, 15) is 9.59 Å². The molecule has 76 valence electrons. The molecule has 5 heteroatoms. The predicted molar refractivity (Wildman–Crippen MR) is 52.7 cm³/mol. The van der Waals surface area contributed by atoms with Crippen molar-refractivity contribution in [2.75, 3.05) is 5.75 Å². The minimum absolute atomic E-state index is 0.137. The number of esters is 1. The van der Waals surface area contributed by atoms with Gasteiger partial charge in [-0.3, -0.25) is 4.79 Å². The summed E-state index contributed by atoms with van der Waals surface area (Å²) in [5, 5.41) is 0. The molecule has 2 N–H and O–H groups in total. The lowest BCUT2D eigenvalue weighted by Crippen LogP contribution is -2.41. The van der Waals surface area contributed by atoms with Crippen LogP contribution in [0.3, 0.4) is 0 Å². The highest BCUT2D eigenvalue weighted by Crippen LogP contribution is 2.07. The number of carbonyl (C=O) groups is 2. The van der Waals surface area contributed by atoms with Crippen LogP contribution >= 0.6 is 12.6 Å². The Balaban J connectivity index is 4.21. The first-order chi connectivity index (χ1) is 5.78. The first-order valence-electron chi connectivity index (χ1n) is 3.91. The van der Waals surface area contributed by atoms with Gasteiger partial charge in [-0.15, -0.1) is 0 Å². The summed E-state index contributed by atoms with van der Waals surface area (Å²) in [4.78, 5) is 22.2. The Labute approximate surface area is 83.2 Å². The molecule has 0 unspecified atom stereocenters. The van der Waals surface area contributed by atoms with E-state index in [1.54, 1.807) is 20.8 Å². The molecule has 0 heterocycles. The van der Waals surface area contributed by atoms with Crippen molar-refractivity contribution in [3.8, 4) is 0 Å². The fourth-order valence-corrected chi connectivity index (χ4v) is 0.728. The Morgan fingerprint density at radius 3 is 2.23 bits per heavy atom. The summed E-state index contributed by atoms with van der Waals surface area (Å²) >= 11 is 3.81. The van der Waals surface area contributed by atoms with Gasteiger partial charge in [0.05, 0.1) is 6.04 Å². The maximum Gasteiger partial charge on any atom is 0.376 e. The van der Waals surface area contributed by atoms with Gasteiger partial charge in [-0.05, 0) is 20.8 Å². The average molecular weight is 205 g/mol. The zero-order valence-corrected chi connectivity index (χ0v) is 8.93. The van der Waals surface area contributed by atoms with Gasteiger partial charge in [-0.1, -0.05) is 0 Å². The lowest BCUT2D eigenvalue weighted by atomic mass is 10.2. The lowest BCUT2D eigenvalue weighted by Gasteiger charge is -2.19. The summed E-state index contributed by atoms with van der Waals surface area (Å²) in [7, 11) is 0. The number of Topliss-reactive ketones (excluding diaryl/α,β-unsaturated/α-hetero) is 1. The maximum absolute atomic E-state index is 11.1. The van der Waals surface area contributed by atoms with Crippen LogP contribution in [0.25, 0.3) is 0 Å². The Morgan fingerprint density at radius 1 is 1.46 bits per heavy atom. The van der Waals surface area contributed by atoms with Crippen molar-refractivity contribution in [2.45, 2.75) is 32.4 Å². The summed E-state index contributed by atoms with van der Waals surface area (Å²) in [5.41, 5.74) is 4.65. The molecule has 0 aliphatic carbocycles. The van der Waals surface area contributed by atoms with E-state index in [4.69, 9.17) is 10.5 Å². The van der Waals surface area contributed by atoms with Crippen LogP contribution in [-0.4, -0.2) is 29.1 Å². The van der Waals surface area contributed by atoms with E-state index in [1.165, 1.54) is 0 Å². The fraction of sp³-hybridized carbons (Fsp3) is 0.750. The van der Waals surface area contributed by atoms with Gasteiger partial charge in [0.1, 0.15) is 5.60 Å². The molecule has 0 saturated heterocycles. The van der Waals surface area contributed by atoms with E-state index in [0.717, 1.165) is 0 Å². The quantitative estimate of drug-likeness (QED) is 0.391. The van der Waals surface area contributed by atoms with Gasteiger partial charge in [-0.2, -0.15) is 12.6 Å². The molecule has 0 amide bonds. The molecule has 0 radical (unpaired) electrons. The van der Waals surface area contributed by atoms with Crippen LogP contribution in [0.5, 0.6) is 0 Å². The molecule has 0 saturated carbocycles. The summed E-state index contributed by atoms with van der Waals surface area (Å²) in [5.74, 6) is -1.49. The lowest BCUT2D eigenvalue weighted by molar-refractivity contribution is -0.162. The molecule has 4 nitrogen and oxygen atoms in total. The molecule has 0 aromatic rings. The second-order valence-electron chi connectivity index (χ2n) is 3.66. The fourth-order valence-electron chi connectivity index (χ4n) is 0.563. The van der Waals surface area contributed by atoms with E-state index in [1.807, 2.05) is 0 Å². The molecule has 0 bridgehead atoms. The number of nitrogens with two attached hydrogens (primary N) is 1. The van der Waals surface area contributed by atoms with E-state index in [2.05, 4.69) is 12.6 Å². The standard InChI is InChI=1S/C8H15NO3S/c1-8(2,3)12-7(11)6(10)5(9)4-13/h5,13H,4,9H2,1-3H3/t5-/m0/s1. The first kappa shape index (κ1) is 12.4. The number of thiol groups is 1. The number of rotatable bonds is 3. The topological polar surface area (TPSA) is 69.4 Å². The molecule has 1 atom stereocenters. The van der Waals surface area contributed by atoms with Crippen LogP contribution in [0.15, 0.2) is 0 Å². The zero-order chi connectivity index (χ0) is 10.6. The summed E-state index contributed by atoms with van der Waals surface area (Å²) in [6.45, 7) is 5.05. The van der Waals surface area contributed by atoms with Gasteiger partial charge in [0.15, 0.2) is 0 Å². The average Bonchev–Trinajstić information content (AvgIpc) is 1.98. The largest absolute Gasteiger partial charge is 0.454 e. The highest BCUT2D eigenvalue weighted by Gasteiger charge is 2.26. The third-order valence-electron chi connectivity index (χ3n) is 1.13. The first-order valence-corrected chi connectivity index (χ1v) is 4.55. The van der Waals surface area contributed by atoms with Crippen molar-refractivity contribution in [2.24, 2.45) is 5.73 Å². The van der Waals surface area contributed by atoms with E-state index >= 15 is 0 Å². The van der Waals surface area contributed by atoms with Gasteiger partial charge in [0, 0.05) is 5.75 Å². The van der Waals surface area contributed by atoms with Crippen molar-refractivity contribution in [3.63, 3.8) is 0 Å². The minimum atomic E-state index is -0.894. The van der Waals surface area contributed by atoms with Crippen LogP contribution in [0.4, 0.5) is 0 Å². The third-order valence-corrected chi connectivity index (χ3v) is 1.53. The second-order valence-corrected chi connectivity index (χ2v) is 4.02. The van der Waals surface area contributed by atoms with Crippen LogP contribution in [0.1, 0.15) is 20.8 Å². The van der Waals surface area contributed by atoms with Crippen molar-refractivity contribution in [1.29, 1.82) is 0 Å². The monoisotopic (exact) mass is 205 g/mol. The molecular weight excluding hydrogens is 190 g/mol. The van der Waals surface area contributed by atoms with Gasteiger partial charge in [-0.25, -0.2) is 4.79 Å². The van der Waals surface area contributed by atoms with Crippen LogP contribution in [-0.2, 0) is 14.3 Å². The molecule has 0 aliphatic heterocycles. The summed E-state index contributed by atoms with van der Waals surface area (Å²) in [6, 6.07) is -0.877. The number of hydrogen-bond acceptors (Lipinski definition) is 5. The highest BCUT2D eigenvalue weighted by molar-refractivity contribution is 7.80. The molecule has 0 aromatic heterocycles. The Kier molecular flexibility index (Phi) is 4.43. The van der Waals surface area contributed by atoms with Gasteiger partial charge < -0.3 is 10.5 Å². The van der Waals surface area contributed by atoms with Crippen LogP contribution in [0, 0.1) is 0 Å². The van der Waals surface area contributed by atoms with Crippen molar-refractivity contribution < 1.29 is 14.3 Å². The number of carbonyl (C=O) groups excluding carboxylic acids is 2. The number of hydrogen-bond donors (Lipinski definition) is 2. The summed E-state index contributed by atoms with van der Waals surface area (Å²) < 4.78 is 4.82. The highest BCUT2D eigenvalue weighted by atomic mass is 32.1. The van der Waals surface area contributed by atoms with Gasteiger partial charge in [0.25, 0.3) is 5.78 Å². The van der Waals surface area contributed by atoms with Crippen LogP contribution in [0.2, 0.25) is 0 Å². The van der Waals surface area contributed by atoms with Crippen molar-refractivity contribution >= 4 is 24.4 Å². The van der Waals surface area contributed by atoms with Crippen LogP contribution < -0.4 is 5.73 Å². The molecule has 0 rings (SSSR count). The molecule has 0 spiro atoms. The zero-order valence-electron chi connectivity index (χ0n) is 8.03. The normalized spacial score (nSPS) is 13.6. The van der Waals surface area contributed by atoms with Crippen molar-refractivity contribution in [1.82, 2.24) is 0 Å². The second kappa shape index (κ2) is 4.62. The summed E-state index contributed by atoms with van der Waals surface area (Å²) in [6.07, 6.45) is 0.